The highest BCUT2D eigenvalue weighted by molar-refractivity contribution is 7.89. The van der Waals surface area contributed by atoms with Crippen LogP contribution in [0.2, 0.25) is 5.02 Å². The molecular weight excluding hydrogens is 406 g/mol. The average molecular weight is 424 g/mol. The fourth-order valence-corrected chi connectivity index (χ4v) is 4.95. The van der Waals surface area contributed by atoms with Gasteiger partial charge in [0.15, 0.2) is 5.13 Å². The average Bonchev–Trinajstić information content (AvgIpc) is 3.05. The third kappa shape index (κ3) is 3.70. The highest BCUT2D eigenvalue weighted by Crippen LogP contribution is 2.30. The van der Waals surface area contributed by atoms with Crippen molar-refractivity contribution in [3.05, 3.63) is 53.1 Å². The molecule has 0 unspecified atom stereocenters. The summed E-state index contributed by atoms with van der Waals surface area (Å²) in [6.07, 6.45) is 0. The number of carbonyl (C=O) groups excluding carboxylic acids is 1. The number of para-hydroxylation sites is 1. The molecule has 0 spiro atoms. The molecule has 1 heterocycles. The van der Waals surface area contributed by atoms with Crippen molar-refractivity contribution in [3.8, 4) is 0 Å². The van der Waals surface area contributed by atoms with E-state index in [1.54, 1.807) is 0 Å². The van der Waals surface area contributed by atoms with Crippen molar-refractivity contribution in [2.45, 2.75) is 11.8 Å². The first-order chi connectivity index (χ1) is 12.8. The minimum absolute atomic E-state index is 0.0725. The Morgan fingerprint density at radius 3 is 2.52 bits per heavy atom. The Bertz CT molecular complexity index is 1080. The van der Waals surface area contributed by atoms with Gasteiger partial charge in [0.1, 0.15) is 4.90 Å². The lowest BCUT2D eigenvalue weighted by Crippen LogP contribution is -2.31. The molecule has 0 saturated carbocycles. The smallest absolute Gasteiger partial charge is 0.260 e. The van der Waals surface area contributed by atoms with Gasteiger partial charge in [-0.2, -0.15) is 0 Å². The second-order valence-corrected chi connectivity index (χ2v) is 9.48. The zero-order valence-electron chi connectivity index (χ0n) is 15.0. The maximum absolute atomic E-state index is 13.1. The molecule has 6 nitrogen and oxygen atoms in total. The summed E-state index contributed by atoms with van der Waals surface area (Å²) in [6.45, 7) is 2.24. The number of hydrogen-bond donors (Lipinski definition) is 0. The predicted molar refractivity (Wildman–Crippen MR) is 109 cm³/mol. The van der Waals surface area contributed by atoms with Crippen molar-refractivity contribution in [2.24, 2.45) is 0 Å². The van der Waals surface area contributed by atoms with E-state index in [0.717, 1.165) is 14.5 Å². The number of aromatic nitrogens is 1. The summed E-state index contributed by atoms with van der Waals surface area (Å²) in [5.41, 5.74) is 1.05. The van der Waals surface area contributed by atoms with Gasteiger partial charge >= 0.3 is 0 Å². The first-order valence-electron chi connectivity index (χ1n) is 8.15. The molecular formula is C18H18ClN3O3S2. The molecule has 0 saturated heterocycles. The van der Waals surface area contributed by atoms with Crippen LogP contribution in [0.1, 0.15) is 17.3 Å². The van der Waals surface area contributed by atoms with Crippen LogP contribution < -0.4 is 4.90 Å². The number of thiazole rings is 1. The maximum atomic E-state index is 13.1. The highest BCUT2D eigenvalue weighted by Gasteiger charge is 2.25. The predicted octanol–water partition coefficient (Wildman–Crippen LogP) is 3.87. The molecule has 0 aliphatic rings. The summed E-state index contributed by atoms with van der Waals surface area (Å²) < 4.78 is 27.0. The summed E-state index contributed by atoms with van der Waals surface area (Å²) in [5, 5.41) is 0.638. The fourth-order valence-electron chi connectivity index (χ4n) is 2.53. The van der Waals surface area contributed by atoms with Gasteiger partial charge in [0.05, 0.1) is 15.2 Å². The molecule has 0 radical (unpaired) electrons. The molecule has 142 valence electrons. The zero-order valence-corrected chi connectivity index (χ0v) is 17.4. The van der Waals surface area contributed by atoms with Crippen molar-refractivity contribution in [3.63, 3.8) is 0 Å². The normalized spacial score (nSPS) is 11.9. The molecule has 0 aliphatic heterocycles. The van der Waals surface area contributed by atoms with Gasteiger partial charge < -0.3 is 0 Å². The van der Waals surface area contributed by atoms with E-state index in [1.165, 1.54) is 48.5 Å². The molecule has 0 bridgehead atoms. The Hall–Kier alpha value is -2.00. The Kier molecular flexibility index (Phi) is 5.53. The fraction of sp³-hybridized carbons (Fsp3) is 0.222. The molecule has 2 aromatic carbocycles. The van der Waals surface area contributed by atoms with Gasteiger partial charge in [-0.3, -0.25) is 9.69 Å². The Labute approximate surface area is 167 Å². The monoisotopic (exact) mass is 423 g/mol. The molecule has 1 aromatic heterocycles. The van der Waals surface area contributed by atoms with Crippen LogP contribution in [0.15, 0.2) is 47.4 Å². The van der Waals surface area contributed by atoms with E-state index < -0.39 is 10.0 Å². The van der Waals surface area contributed by atoms with Gasteiger partial charge in [-0.25, -0.2) is 17.7 Å². The van der Waals surface area contributed by atoms with Crippen molar-refractivity contribution in [1.82, 2.24) is 9.29 Å². The molecule has 0 atom stereocenters. The zero-order chi connectivity index (χ0) is 19.8. The van der Waals surface area contributed by atoms with Gasteiger partial charge in [0, 0.05) is 26.2 Å². The molecule has 0 N–H and O–H groups in total. The van der Waals surface area contributed by atoms with Crippen molar-refractivity contribution in [2.75, 3.05) is 25.5 Å². The first-order valence-corrected chi connectivity index (χ1v) is 10.8. The number of anilines is 1. The lowest BCUT2D eigenvalue weighted by atomic mass is 10.2. The number of halogens is 1. The molecule has 0 fully saturated rings. The standard InChI is InChI=1S/C18H18ClN3O3S2/c1-4-22(18-20-14-7-5-6-8-15(14)26-18)17(23)12-9-10-13(19)16(11-12)27(24,25)21(2)3/h5-11H,4H2,1-3H3. The van der Waals surface area contributed by atoms with Gasteiger partial charge in [-0.05, 0) is 37.3 Å². The minimum atomic E-state index is -3.76. The Balaban J connectivity index is 2.03. The number of benzene rings is 2. The SMILES string of the molecule is CCN(C(=O)c1ccc(Cl)c(S(=O)(=O)N(C)C)c1)c1nc2ccccc2s1. The second-order valence-electron chi connectivity index (χ2n) is 5.95. The summed E-state index contributed by atoms with van der Waals surface area (Å²) >= 11 is 7.48. The van der Waals surface area contributed by atoms with Crippen LogP contribution in [-0.2, 0) is 10.0 Å². The second kappa shape index (κ2) is 7.55. The van der Waals surface area contributed by atoms with E-state index >= 15 is 0 Å². The first kappa shape index (κ1) is 19.8. The van der Waals surface area contributed by atoms with Crippen LogP contribution in [0.3, 0.4) is 0 Å². The van der Waals surface area contributed by atoms with Crippen LogP contribution >= 0.6 is 22.9 Å². The molecule has 1 amide bonds. The van der Waals surface area contributed by atoms with Gasteiger partial charge in [-0.1, -0.05) is 35.1 Å². The van der Waals surface area contributed by atoms with Crippen LogP contribution in [0, 0.1) is 0 Å². The molecule has 3 aromatic rings. The summed E-state index contributed by atoms with van der Waals surface area (Å²) in [4.78, 5) is 19.0. The van der Waals surface area contributed by atoms with Crippen molar-refractivity contribution < 1.29 is 13.2 Å². The van der Waals surface area contributed by atoms with Crippen molar-refractivity contribution >= 4 is 54.2 Å². The molecule has 9 heteroatoms. The van der Waals surface area contributed by atoms with E-state index in [4.69, 9.17) is 11.6 Å². The summed E-state index contributed by atoms with van der Waals surface area (Å²) in [6, 6.07) is 11.9. The number of amides is 1. The van der Waals surface area contributed by atoms with Crippen LogP contribution in [0.4, 0.5) is 5.13 Å². The van der Waals surface area contributed by atoms with Gasteiger partial charge in [0.2, 0.25) is 10.0 Å². The molecule has 3 rings (SSSR count). The molecule has 0 aliphatic carbocycles. The quantitative estimate of drug-likeness (QED) is 0.624. The largest absolute Gasteiger partial charge is 0.284 e. The van der Waals surface area contributed by atoms with E-state index in [9.17, 15) is 13.2 Å². The Morgan fingerprint density at radius 1 is 1.19 bits per heavy atom. The van der Waals surface area contributed by atoms with Crippen molar-refractivity contribution in [1.29, 1.82) is 0 Å². The number of rotatable bonds is 5. The minimum Gasteiger partial charge on any atom is -0.284 e. The number of fused-ring (bicyclic) bond motifs is 1. The number of hydrogen-bond acceptors (Lipinski definition) is 5. The summed E-state index contributed by atoms with van der Waals surface area (Å²) in [5.74, 6) is -0.330. The van der Waals surface area contributed by atoms with Gasteiger partial charge in [0.25, 0.3) is 5.91 Å². The van der Waals surface area contributed by atoms with Crippen LogP contribution in [0.5, 0.6) is 0 Å². The van der Waals surface area contributed by atoms with E-state index in [0.29, 0.717) is 11.7 Å². The topological polar surface area (TPSA) is 70.6 Å². The van der Waals surface area contributed by atoms with E-state index in [1.807, 2.05) is 31.2 Å². The van der Waals surface area contributed by atoms with E-state index in [-0.39, 0.29) is 21.4 Å². The highest BCUT2D eigenvalue weighted by atomic mass is 35.5. The summed E-state index contributed by atoms with van der Waals surface area (Å²) in [7, 11) is -0.931. The third-order valence-corrected chi connectivity index (χ3v) is 7.37. The molecule has 27 heavy (non-hydrogen) atoms. The van der Waals surface area contributed by atoms with Gasteiger partial charge in [-0.15, -0.1) is 0 Å². The van der Waals surface area contributed by atoms with Crippen LogP contribution in [-0.4, -0.2) is 44.3 Å². The number of nitrogens with zero attached hydrogens (tertiary/aromatic N) is 3. The van der Waals surface area contributed by atoms with Crippen LogP contribution in [0.25, 0.3) is 10.2 Å². The Morgan fingerprint density at radius 2 is 1.89 bits per heavy atom. The maximum Gasteiger partial charge on any atom is 0.260 e. The number of carbonyl (C=O) groups is 1. The number of sulfonamides is 1. The lowest BCUT2D eigenvalue weighted by Gasteiger charge is -2.19. The third-order valence-electron chi connectivity index (χ3n) is 4.01. The lowest BCUT2D eigenvalue weighted by molar-refractivity contribution is 0.0988. The van der Waals surface area contributed by atoms with E-state index in [2.05, 4.69) is 4.98 Å².